The van der Waals surface area contributed by atoms with Gasteiger partial charge in [0.25, 0.3) is 0 Å². The van der Waals surface area contributed by atoms with Gasteiger partial charge in [0.2, 0.25) is 0 Å². The minimum Gasteiger partial charge on any atom is -0.386 e. The Labute approximate surface area is 83.3 Å². The number of hydrogen-bond acceptors (Lipinski definition) is 5. The number of rotatable bonds is 5. The smallest absolute Gasteiger partial charge is 0.386 e. The molecule has 0 aromatic rings. The van der Waals surface area contributed by atoms with E-state index in [-0.39, 0.29) is 19.8 Å². The molecule has 0 saturated heterocycles. The quantitative estimate of drug-likeness (QED) is 0.407. The molecule has 15 heavy (non-hydrogen) atoms. The van der Waals surface area contributed by atoms with Gasteiger partial charge >= 0.3 is 18.1 Å². The first-order valence-electron chi connectivity index (χ1n) is 3.97. The molecular weight excluding hydrogens is 219 g/mol. The van der Waals surface area contributed by atoms with E-state index in [1.54, 1.807) is 0 Å². The van der Waals surface area contributed by atoms with E-state index in [0.717, 1.165) is 0 Å². The fraction of sp³-hybridized carbons (Fsp3) is 0.714. The normalized spacial score (nSPS) is 11.2. The Morgan fingerprint density at radius 3 is 2.27 bits per heavy atom. The van der Waals surface area contributed by atoms with Gasteiger partial charge in [-0.3, -0.25) is 4.79 Å². The van der Waals surface area contributed by atoms with Crippen LogP contribution in [-0.2, 0) is 19.1 Å². The minimum absolute atomic E-state index is 0.138. The topological polar surface area (TPSA) is 78.6 Å². The van der Waals surface area contributed by atoms with Crippen molar-refractivity contribution in [3.8, 4) is 0 Å². The molecule has 5 nitrogen and oxygen atoms in total. The van der Waals surface area contributed by atoms with E-state index in [9.17, 15) is 22.8 Å². The zero-order chi connectivity index (χ0) is 11.9. The van der Waals surface area contributed by atoms with Crippen molar-refractivity contribution >= 4 is 11.9 Å². The molecule has 0 unspecified atom stereocenters. The number of halogens is 3. The molecular formula is C7H10F3NO4. The van der Waals surface area contributed by atoms with E-state index >= 15 is 0 Å². The highest BCUT2D eigenvalue weighted by molar-refractivity contribution is 5.88. The highest BCUT2D eigenvalue weighted by Gasteiger charge is 2.42. The number of hydrogen-bond donors (Lipinski definition) is 1. The summed E-state index contributed by atoms with van der Waals surface area (Å²) in [6.45, 7) is 0.276. The predicted molar refractivity (Wildman–Crippen MR) is 41.6 cm³/mol. The summed E-state index contributed by atoms with van der Waals surface area (Å²) in [4.78, 5) is 20.7. The second-order valence-corrected chi connectivity index (χ2v) is 2.41. The number of nitrogens with two attached hydrogens (primary N) is 1. The minimum atomic E-state index is -5.16. The summed E-state index contributed by atoms with van der Waals surface area (Å²) in [6.07, 6.45) is -5.59. The van der Waals surface area contributed by atoms with E-state index in [2.05, 4.69) is 4.74 Å². The zero-order valence-corrected chi connectivity index (χ0v) is 7.67. The van der Waals surface area contributed by atoms with Gasteiger partial charge in [-0.15, -0.1) is 0 Å². The average Bonchev–Trinajstić information content (AvgIpc) is 2.11. The van der Waals surface area contributed by atoms with E-state index in [0.29, 0.717) is 0 Å². The molecule has 0 aliphatic rings. The van der Waals surface area contributed by atoms with Crippen molar-refractivity contribution in [1.82, 2.24) is 0 Å². The fourth-order valence-electron chi connectivity index (χ4n) is 0.553. The molecule has 0 aliphatic heterocycles. The number of esters is 2. The molecule has 0 amide bonds. The standard InChI is InChI=1S/C7H10F3NO4/c8-7(9,10)6(13)15-5(12)1-3-14-4-2-11/h1-4,11H2. The van der Waals surface area contributed by atoms with Crippen molar-refractivity contribution in [1.29, 1.82) is 0 Å². The first-order chi connectivity index (χ1) is 6.88. The summed E-state index contributed by atoms with van der Waals surface area (Å²) in [7, 11) is 0. The molecule has 2 N–H and O–H groups in total. The SMILES string of the molecule is NCCOCCC(=O)OC(=O)C(F)(F)F. The van der Waals surface area contributed by atoms with E-state index in [1.165, 1.54) is 0 Å². The number of ether oxygens (including phenoxy) is 2. The van der Waals surface area contributed by atoms with Gasteiger partial charge in [-0.25, -0.2) is 4.79 Å². The van der Waals surface area contributed by atoms with E-state index < -0.39 is 24.5 Å². The van der Waals surface area contributed by atoms with Crippen LogP contribution >= 0.6 is 0 Å². The van der Waals surface area contributed by atoms with Gasteiger partial charge in [0.05, 0.1) is 19.6 Å². The van der Waals surface area contributed by atoms with E-state index in [1.807, 2.05) is 0 Å². The van der Waals surface area contributed by atoms with Crippen LogP contribution in [0.3, 0.4) is 0 Å². The van der Waals surface area contributed by atoms with Gasteiger partial charge in [-0.05, 0) is 0 Å². The highest BCUT2D eigenvalue weighted by atomic mass is 19.4. The van der Waals surface area contributed by atoms with Crippen LogP contribution in [0.25, 0.3) is 0 Å². The highest BCUT2D eigenvalue weighted by Crippen LogP contribution is 2.16. The molecule has 0 saturated carbocycles. The number of alkyl halides is 3. The predicted octanol–water partition coefficient (Wildman–Crippen LogP) is -0.0161. The summed E-state index contributed by atoms with van der Waals surface area (Å²) in [5, 5.41) is 0. The zero-order valence-electron chi connectivity index (χ0n) is 7.67. The molecule has 0 aromatic carbocycles. The number of carbonyl (C=O) groups is 2. The maximum atomic E-state index is 11.6. The van der Waals surface area contributed by atoms with Crippen LogP contribution in [0, 0.1) is 0 Å². The molecule has 0 spiro atoms. The summed E-state index contributed by atoms with van der Waals surface area (Å²) in [6, 6.07) is 0. The number of carbonyl (C=O) groups excluding carboxylic acids is 2. The molecule has 0 radical (unpaired) electrons. The Hall–Kier alpha value is -1.15. The summed E-state index contributed by atoms with van der Waals surface area (Å²) in [5.74, 6) is -3.80. The van der Waals surface area contributed by atoms with Crippen molar-refractivity contribution in [2.24, 2.45) is 5.73 Å². The molecule has 88 valence electrons. The van der Waals surface area contributed by atoms with Crippen molar-refractivity contribution in [2.75, 3.05) is 19.8 Å². The Morgan fingerprint density at radius 2 is 1.80 bits per heavy atom. The maximum Gasteiger partial charge on any atom is 0.491 e. The third kappa shape index (κ3) is 6.86. The molecule has 0 bridgehead atoms. The molecule has 0 heterocycles. The molecule has 0 atom stereocenters. The molecule has 0 rings (SSSR count). The van der Waals surface area contributed by atoms with Crippen LogP contribution in [0.2, 0.25) is 0 Å². The monoisotopic (exact) mass is 229 g/mol. The summed E-state index contributed by atoms with van der Waals surface area (Å²) < 4.78 is 42.9. The molecule has 0 fully saturated rings. The van der Waals surface area contributed by atoms with Gasteiger partial charge in [-0.1, -0.05) is 0 Å². The van der Waals surface area contributed by atoms with E-state index in [4.69, 9.17) is 10.5 Å². The van der Waals surface area contributed by atoms with Gasteiger partial charge in [0.15, 0.2) is 0 Å². The van der Waals surface area contributed by atoms with Crippen LogP contribution in [0.5, 0.6) is 0 Å². The van der Waals surface area contributed by atoms with Crippen LogP contribution in [0.15, 0.2) is 0 Å². The van der Waals surface area contributed by atoms with Gasteiger partial charge < -0.3 is 15.2 Å². The first kappa shape index (κ1) is 13.8. The third-order valence-electron chi connectivity index (χ3n) is 1.15. The second kappa shape index (κ2) is 6.36. The van der Waals surface area contributed by atoms with Gasteiger partial charge in [-0.2, -0.15) is 13.2 Å². The van der Waals surface area contributed by atoms with Crippen LogP contribution < -0.4 is 5.73 Å². The lowest BCUT2D eigenvalue weighted by Gasteiger charge is -2.05. The lowest BCUT2D eigenvalue weighted by atomic mass is 10.4. The fourth-order valence-corrected chi connectivity index (χ4v) is 0.553. The second-order valence-electron chi connectivity index (χ2n) is 2.41. The van der Waals surface area contributed by atoms with Crippen molar-refractivity contribution in [3.05, 3.63) is 0 Å². The van der Waals surface area contributed by atoms with Gasteiger partial charge in [0, 0.05) is 6.54 Å². The first-order valence-corrected chi connectivity index (χ1v) is 3.97. The van der Waals surface area contributed by atoms with Crippen LogP contribution in [0.1, 0.15) is 6.42 Å². The van der Waals surface area contributed by atoms with Crippen LogP contribution in [-0.4, -0.2) is 37.9 Å². The Morgan fingerprint density at radius 1 is 1.20 bits per heavy atom. The Balaban J connectivity index is 3.71. The third-order valence-corrected chi connectivity index (χ3v) is 1.15. The Kier molecular flexibility index (Phi) is 5.87. The molecule has 8 heteroatoms. The molecule has 0 aromatic heterocycles. The van der Waals surface area contributed by atoms with Gasteiger partial charge in [0.1, 0.15) is 0 Å². The molecule has 0 aliphatic carbocycles. The summed E-state index contributed by atoms with van der Waals surface area (Å²) in [5.41, 5.74) is 5.04. The van der Waals surface area contributed by atoms with Crippen molar-refractivity contribution in [2.45, 2.75) is 12.6 Å². The van der Waals surface area contributed by atoms with Crippen LogP contribution in [0.4, 0.5) is 13.2 Å². The average molecular weight is 229 g/mol. The Bertz CT molecular complexity index is 229. The van der Waals surface area contributed by atoms with Crippen molar-refractivity contribution in [3.63, 3.8) is 0 Å². The largest absolute Gasteiger partial charge is 0.491 e. The lowest BCUT2D eigenvalue weighted by Crippen LogP contribution is -2.28. The maximum absolute atomic E-state index is 11.6. The lowest BCUT2D eigenvalue weighted by molar-refractivity contribution is -0.202. The summed E-state index contributed by atoms with van der Waals surface area (Å²) >= 11 is 0. The van der Waals surface area contributed by atoms with Crippen molar-refractivity contribution < 1.29 is 32.2 Å².